The maximum atomic E-state index is 7.80. The number of nitrogen functional groups attached to an aromatic ring is 1. The van der Waals surface area contributed by atoms with Gasteiger partial charge in [-0.3, -0.25) is 5.41 Å². The van der Waals surface area contributed by atoms with Crippen molar-refractivity contribution >= 4 is 17.6 Å². The predicted octanol–water partition coefficient (Wildman–Crippen LogP) is 3.88. The third kappa shape index (κ3) is 3.70. The number of hydrogen-bond donors (Lipinski definition) is 2. The van der Waals surface area contributed by atoms with Gasteiger partial charge in [0.1, 0.15) is 23.1 Å². The predicted molar refractivity (Wildman–Crippen MR) is 86.9 cm³/mol. The minimum Gasteiger partial charge on any atom is -0.497 e. The third-order valence-electron chi connectivity index (χ3n) is 2.83. The van der Waals surface area contributed by atoms with Crippen molar-refractivity contribution < 1.29 is 9.47 Å². The SMILES string of the molecule is CCSc1cccc(Oc2cccc(OC)c2)c1C(=N)N. The minimum atomic E-state index is 0.00412. The summed E-state index contributed by atoms with van der Waals surface area (Å²) in [6, 6.07) is 13.0. The van der Waals surface area contributed by atoms with Crippen LogP contribution < -0.4 is 15.2 Å². The molecule has 0 spiro atoms. The van der Waals surface area contributed by atoms with Gasteiger partial charge in [0.05, 0.1) is 12.7 Å². The molecule has 0 aliphatic rings. The van der Waals surface area contributed by atoms with E-state index in [0.717, 1.165) is 16.4 Å². The fraction of sp³-hybridized carbons (Fsp3) is 0.188. The average Bonchev–Trinajstić information content (AvgIpc) is 2.47. The number of benzene rings is 2. The molecule has 2 aromatic carbocycles. The highest BCUT2D eigenvalue weighted by molar-refractivity contribution is 7.99. The van der Waals surface area contributed by atoms with Gasteiger partial charge >= 0.3 is 0 Å². The Morgan fingerprint density at radius 1 is 1.19 bits per heavy atom. The van der Waals surface area contributed by atoms with Crippen molar-refractivity contribution in [3.8, 4) is 17.2 Å². The molecule has 0 aromatic heterocycles. The highest BCUT2D eigenvalue weighted by Crippen LogP contribution is 2.33. The Hall–Kier alpha value is -2.14. The van der Waals surface area contributed by atoms with Crippen LogP contribution in [-0.4, -0.2) is 18.7 Å². The van der Waals surface area contributed by atoms with Crippen LogP contribution in [0.5, 0.6) is 17.2 Å². The number of rotatable bonds is 6. The van der Waals surface area contributed by atoms with Gasteiger partial charge in [0.15, 0.2) is 0 Å². The van der Waals surface area contributed by atoms with E-state index in [4.69, 9.17) is 20.6 Å². The van der Waals surface area contributed by atoms with Gasteiger partial charge in [-0.25, -0.2) is 0 Å². The molecule has 0 saturated heterocycles. The van der Waals surface area contributed by atoms with Gasteiger partial charge in [-0.2, -0.15) is 0 Å². The molecule has 5 heteroatoms. The summed E-state index contributed by atoms with van der Waals surface area (Å²) in [5, 5.41) is 7.80. The zero-order valence-corrected chi connectivity index (χ0v) is 12.9. The molecule has 21 heavy (non-hydrogen) atoms. The van der Waals surface area contributed by atoms with E-state index in [9.17, 15) is 0 Å². The summed E-state index contributed by atoms with van der Waals surface area (Å²) < 4.78 is 11.1. The fourth-order valence-corrected chi connectivity index (χ4v) is 2.77. The topological polar surface area (TPSA) is 68.3 Å². The van der Waals surface area contributed by atoms with Gasteiger partial charge in [0.25, 0.3) is 0 Å². The van der Waals surface area contributed by atoms with E-state index in [1.807, 2.05) is 36.4 Å². The van der Waals surface area contributed by atoms with Crippen molar-refractivity contribution in [2.24, 2.45) is 5.73 Å². The number of nitrogens with one attached hydrogen (secondary N) is 1. The molecule has 0 bridgehead atoms. The van der Waals surface area contributed by atoms with Crippen LogP contribution >= 0.6 is 11.8 Å². The molecule has 0 fully saturated rings. The van der Waals surface area contributed by atoms with E-state index >= 15 is 0 Å². The Kier molecular flexibility index (Phi) is 5.11. The number of hydrogen-bond acceptors (Lipinski definition) is 4. The lowest BCUT2D eigenvalue weighted by Crippen LogP contribution is -2.13. The van der Waals surface area contributed by atoms with Crippen LogP contribution in [-0.2, 0) is 0 Å². The highest BCUT2D eigenvalue weighted by atomic mass is 32.2. The van der Waals surface area contributed by atoms with Gasteiger partial charge in [-0.1, -0.05) is 19.1 Å². The lowest BCUT2D eigenvalue weighted by molar-refractivity contribution is 0.409. The second-order valence-corrected chi connectivity index (χ2v) is 5.56. The van der Waals surface area contributed by atoms with E-state index in [2.05, 4.69) is 6.92 Å². The van der Waals surface area contributed by atoms with Crippen molar-refractivity contribution in [1.82, 2.24) is 0 Å². The summed E-state index contributed by atoms with van der Waals surface area (Å²) in [6.45, 7) is 2.06. The molecule has 0 aliphatic heterocycles. The lowest BCUT2D eigenvalue weighted by atomic mass is 10.2. The molecule has 3 N–H and O–H groups in total. The average molecular weight is 302 g/mol. The molecule has 0 aliphatic carbocycles. The van der Waals surface area contributed by atoms with Gasteiger partial charge in [-0.15, -0.1) is 11.8 Å². The van der Waals surface area contributed by atoms with Crippen molar-refractivity contribution in [3.05, 3.63) is 48.0 Å². The molecule has 110 valence electrons. The van der Waals surface area contributed by atoms with Crippen LogP contribution in [0.2, 0.25) is 0 Å². The lowest BCUT2D eigenvalue weighted by Gasteiger charge is -2.14. The number of methoxy groups -OCH3 is 1. The quantitative estimate of drug-likeness (QED) is 0.482. The molecule has 0 atom stereocenters. The monoisotopic (exact) mass is 302 g/mol. The zero-order chi connectivity index (χ0) is 15.2. The van der Waals surface area contributed by atoms with Crippen LogP contribution in [0, 0.1) is 5.41 Å². The molecule has 0 amide bonds. The summed E-state index contributed by atoms with van der Waals surface area (Å²) in [4.78, 5) is 0.949. The van der Waals surface area contributed by atoms with Crippen LogP contribution in [0.4, 0.5) is 0 Å². The van der Waals surface area contributed by atoms with Crippen molar-refractivity contribution in [1.29, 1.82) is 5.41 Å². The Balaban J connectivity index is 2.38. The van der Waals surface area contributed by atoms with E-state index in [-0.39, 0.29) is 5.84 Å². The van der Waals surface area contributed by atoms with E-state index < -0.39 is 0 Å². The number of amidine groups is 1. The Labute approximate surface area is 128 Å². The smallest absolute Gasteiger partial charge is 0.139 e. The van der Waals surface area contributed by atoms with Gasteiger partial charge in [-0.05, 0) is 30.0 Å². The summed E-state index contributed by atoms with van der Waals surface area (Å²) >= 11 is 1.64. The zero-order valence-electron chi connectivity index (χ0n) is 12.1. The second kappa shape index (κ2) is 7.04. The van der Waals surface area contributed by atoms with Crippen molar-refractivity contribution in [2.45, 2.75) is 11.8 Å². The molecule has 0 radical (unpaired) electrons. The molecule has 0 unspecified atom stereocenters. The summed E-state index contributed by atoms with van der Waals surface area (Å²) in [5.74, 6) is 2.85. The first-order valence-corrected chi connectivity index (χ1v) is 7.56. The first-order chi connectivity index (χ1) is 10.2. The van der Waals surface area contributed by atoms with Crippen molar-refractivity contribution in [2.75, 3.05) is 12.9 Å². The molecular formula is C16H18N2O2S. The molecule has 2 aromatic rings. The van der Waals surface area contributed by atoms with E-state index in [0.29, 0.717) is 17.1 Å². The normalized spacial score (nSPS) is 10.2. The van der Waals surface area contributed by atoms with Crippen LogP contribution in [0.3, 0.4) is 0 Å². The first kappa shape index (κ1) is 15.3. The fourth-order valence-electron chi connectivity index (χ4n) is 1.93. The van der Waals surface area contributed by atoms with Gasteiger partial charge < -0.3 is 15.2 Å². The maximum absolute atomic E-state index is 7.80. The number of thioether (sulfide) groups is 1. The second-order valence-electron chi connectivity index (χ2n) is 4.26. The Morgan fingerprint density at radius 3 is 2.57 bits per heavy atom. The number of ether oxygens (including phenoxy) is 2. The van der Waals surface area contributed by atoms with E-state index in [1.165, 1.54) is 0 Å². The molecule has 0 saturated carbocycles. The number of nitrogens with two attached hydrogens (primary N) is 1. The molecule has 2 rings (SSSR count). The largest absolute Gasteiger partial charge is 0.497 e. The summed E-state index contributed by atoms with van der Waals surface area (Å²) in [6.07, 6.45) is 0. The summed E-state index contributed by atoms with van der Waals surface area (Å²) in [5.41, 5.74) is 6.35. The third-order valence-corrected chi connectivity index (χ3v) is 3.77. The van der Waals surface area contributed by atoms with Crippen LogP contribution in [0.25, 0.3) is 0 Å². The van der Waals surface area contributed by atoms with Gasteiger partial charge in [0.2, 0.25) is 0 Å². The van der Waals surface area contributed by atoms with E-state index in [1.54, 1.807) is 24.9 Å². The van der Waals surface area contributed by atoms with Gasteiger partial charge in [0, 0.05) is 11.0 Å². The standard InChI is InChI=1S/C16H18N2O2S/c1-3-21-14-9-5-8-13(15(14)16(17)18)20-12-7-4-6-11(10-12)19-2/h4-10H,3H2,1-2H3,(H3,17,18). The van der Waals surface area contributed by atoms with Crippen LogP contribution in [0.1, 0.15) is 12.5 Å². The van der Waals surface area contributed by atoms with Crippen LogP contribution in [0.15, 0.2) is 47.4 Å². The molecular weight excluding hydrogens is 284 g/mol. The minimum absolute atomic E-state index is 0.00412. The Bertz CT molecular complexity index is 644. The summed E-state index contributed by atoms with van der Waals surface area (Å²) in [7, 11) is 1.61. The maximum Gasteiger partial charge on any atom is 0.139 e. The van der Waals surface area contributed by atoms with Crippen molar-refractivity contribution in [3.63, 3.8) is 0 Å². The Morgan fingerprint density at radius 2 is 1.90 bits per heavy atom. The molecule has 0 heterocycles. The molecule has 4 nitrogen and oxygen atoms in total. The first-order valence-electron chi connectivity index (χ1n) is 6.57. The highest BCUT2D eigenvalue weighted by Gasteiger charge is 2.13.